The quantitative estimate of drug-likeness (QED) is 0.325. The zero-order valence-electron chi connectivity index (χ0n) is 5.99. The Kier molecular flexibility index (Phi) is 9.64. The summed E-state index contributed by atoms with van der Waals surface area (Å²) in [6.07, 6.45) is 2.56. The minimum absolute atomic E-state index is 0. The second-order valence-electron chi connectivity index (χ2n) is 1.73. The number of hydrogen-bond donors (Lipinski definition) is 0. The van der Waals surface area contributed by atoms with Gasteiger partial charge in [-0.1, -0.05) is 0 Å². The average Bonchev–Trinajstić information content (AvgIpc) is 2.07. The molecule has 5 nitrogen and oxygen atoms in total. The molecule has 1 fully saturated rings. The van der Waals surface area contributed by atoms with Crippen LogP contribution in [0.2, 0.25) is 0 Å². The zero-order valence-corrected chi connectivity index (χ0v) is 12.3. The normalized spacial score (nSPS) is 16.2. The molecule has 1 heterocycles. The fourth-order valence-corrected chi connectivity index (χ4v) is 0.510. The van der Waals surface area contributed by atoms with E-state index in [2.05, 4.69) is 0 Å². The molecule has 0 atom stereocenters. The second kappa shape index (κ2) is 7.42. The third kappa shape index (κ3) is 24.9. The molecule has 1 aliphatic heterocycles. The molecule has 0 aliphatic carbocycles. The van der Waals surface area contributed by atoms with Gasteiger partial charge in [0.25, 0.3) is 0 Å². The van der Waals surface area contributed by atoms with Crippen molar-refractivity contribution in [1.29, 1.82) is 0 Å². The van der Waals surface area contributed by atoms with Crippen LogP contribution in [0, 0.1) is 0 Å². The Bertz CT molecular complexity index is 146. The van der Waals surface area contributed by atoms with Crippen LogP contribution in [-0.4, -0.2) is 30.7 Å². The predicted octanol–water partition coefficient (Wildman–Crippen LogP) is -0.544. The van der Waals surface area contributed by atoms with E-state index in [1.807, 2.05) is 0 Å². The van der Waals surface area contributed by atoms with Gasteiger partial charge in [0.2, 0.25) is 0 Å². The molecule has 0 radical (unpaired) electrons. The van der Waals surface area contributed by atoms with Crippen LogP contribution in [0.15, 0.2) is 0 Å². The molecular weight excluding hydrogens is 361 g/mol. The van der Waals surface area contributed by atoms with Crippen LogP contribution in [0.4, 0.5) is 0 Å². The standard InChI is InChI=1S/C4H8O.Hg.H2O4S/c1-2-4-5-3-1;;1-5(2,3)4/h1-4H2;;(H2,1,2,3,4)/q;+2;/p-2. The van der Waals surface area contributed by atoms with Gasteiger partial charge in [-0.15, -0.1) is 0 Å². The van der Waals surface area contributed by atoms with Crippen molar-refractivity contribution in [2.45, 2.75) is 12.8 Å². The first-order valence-electron chi connectivity index (χ1n) is 2.74. The van der Waals surface area contributed by atoms with Gasteiger partial charge in [-0.2, -0.15) is 0 Å². The predicted molar refractivity (Wildman–Crippen MR) is 30.5 cm³/mol. The first-order valence-corrected chi connectivity index (χ1v) is 4.08. The van der Waals surface area contributed by atoms with Gasteiger partial charge in [0.1, 0.15) is 0 Å². The third-order valence-corrected chi connectivity index (χ3v) is 0.827. The first-order chi connectivity index (χ1) is 4.50. The number of ether oxygens (including phenoxy) is 1. The van der Waals surface area contributed by atoms with Crippen molar-refractivity contribution in [3.05, 3.63) is 0 Å². The molecule has 0 aromatic carbocycles. The van der Waals surface area contributed by atoms with Gasteiger partial charge in [0.15, 0.2) is 0 Å². The smallest absolute Gasteiger partial charge is 0.759 e. The molecule has 0 unspecified atom stereocenters. The fraction of sp³-hybridized carbons (Fsp3) is 1.00. The van der Waals surface area contributed by atoms with Crippen LogP contribution in [0.1, 0.15) is 12.8 Å². The van der Waals surface area contributed by atoms with E-state index < -0.39 is 10.4 Å². The van der Waals surface area contributed by atoms with Crippen molar-refractivity contribution in [3.8, 4) is 0 Å². The molecule has 1 aliphatic rings. The SMILES string of the molecule is C1CCOC1.O=S(=O)([O-])[O-].[Hg+2]. The van der Waals surface area contributed by atoms with E-state index in [0.717, 1.165) is 13.2 Å². The van der Waals surface area contributed by atoms with E-state index in [0.29, 0.717) is 0 Å². The molecular formula is C4H8HgO5S. The Morgan fingerprint density at radius 2 is 1.36 bits per heavy atom. The Labute approximate surface area is 86.2 Å². The van der Waals surface area contributed by atoms with Crippen molar-refractivity contribution in [3.63, 3.8) is 0 Å². The van der Waals surface area contributed by atoms with E-state index in [-0.39, 0.29) is 27.7 Å². The van der Waals surface area contributed by atoms with Gasteiger partial charge in [-0.25, -0.2) is 0 Å². The molecule has 0 saturated carbocycles. The monoisotopic (exact) mass is 370 g/mol. The molecule has 11 heavy (non-hydrogen) atoms. The number of rotatable bonds is 0. The molecule has 0 bridgehead atoms. The van der Waals surface area contributed by atoms with Gasteiger partial charge in [-0.3, -0.25) is 8.42 Å². The van der Waals surface area contributed by atoms with Gasteiger partial charge in [0.05, 0.1) is 0 Å². The minimum atomic E-state index is -5.17. The van der Waals surface area contributed by atoms with Crippen LogP contribution < -0.4 is 0 Å². The van der Waals surface area contributed by atoms with Gasteiger partial charge >= 0.3 is 27.7 Å². The summed E-state index contributed by atoms with van der Waals surface area (Å²) in [6.45, 7) is 2.00. The van der Waals surface area contributed by atoms with Crippen LogP contribution in [-0.2, 0) is 42.8 Å². The van der Waals surface area contributed by atoms with Crippen molar-refractivity contribution in [2.24, 2.45) is 0 Å². The molecule has 1 saturated heterocycles. The summed E-state index contributed by atoms with van der Waals surface area (Å²) < 4.78 is 39.0. The topological polar surface area (TPSA) is 89.5 Å². The average molecular weight is 369 g/mol. The molecule has 0 spiro atoms. The van der Waals surface area contributed by atoms with E-state index in [4.69, 9.17) is 22.3 Å². The number of hydrogen-bond acceptors (Lipinski definition) is 5. The summed E-state index contributed by atoms with van der Waals surface area (Å²) >= 11 is 0. The molecule has 0 aromatic heterocycles. The summed E-state index contributed by atoms with van der Waals surface area (Å²) in [5.74, 6) is 0. The van der Waals surface area contributed by atoms with E-state index in [1.54, 1.807) is 0 Å². The summed E-state index contributed by atoms with van der Waals surface area (Å²) in [4.78, 5) is 0. The van der Waals surface area contributed by atoms with E-state index >= 15 is 0 Å². The maximum absolute atomic E-state index is 8.52. The van der Waals surface area contributed by atoms with Gasteiger partial charge < -0.3 is 13.8 Å². The Hall–Kier alpha value is 0.765. The second-order valence-corrected chi connectivity index (χ2v) is 2.54. The molecule has 7 heteroatoms. The van der Waals surface area contributed by atoms with Crippen molar-refractivity contribution < 1.29 is 49.9 Å². The van der Waals surface area contributed by atoms with Crippen LogP contribution in [0.3, 0.4) is 0 Å². The van der Waals surface area contributed by atoms with Crippen LogP contribution in [0.25, 0.3) is 0 Å². The van der Waals surface area contributed by atoms with Crippen molar-refractivity contribution >= 4 is 10.4 Å². The van der Waals surface area contributed by atoms with E-state index in [9.17, 15) is 0 Å². The zero-order chi connectivity index (χ0) is 8.04. The maximum Gasteiger partial charge on any atom is 2.00 e. The Balaban J connectivity index is 0. The van der Waals surface area contributed by atoms with Crippen LogP contribution in [0.5, 0.6) is 0 Å². The molecule has 1 rings (SSSR count). The fourth-order valence-electron chi connectivity index (χ4n) is 0.510. The summed E-state index contributed by atoms with van der Waals surface area (Å²) in [5, 5.41) is 0. The summed E-state index contributed by atoms with van der Waals surface area (Å²) in [7, 11) is -5.17. The molecule has 62 valence electrons. The Morgan fingerprint density at radius 1 is 1.09 bits per heavy atom. The molecule has 0 aromatic rings. The summed E-state index contributed by atoms with van der Waals surface area (Å²) in [5.41, 5.74) is 0. The first kappa shape index (κ1) is 14.3. The van der Waals surface area contributed by atoms with Gasteiger partial charge in [-0.05, 0) is 12.8 Å². The van der Waals surface area contributed by atoms with Crippen LogP contribution >= 0.6 is 0 Å². The maximum atomic E-state index is 8.52. The summed E-state index contributed by atoms with van der Waals surface area (Å²) in [6, 6.07) is 0. The Morgan fingerprint density at radius 3 is 1.45 bits per heavy atom. The van der Waals surface area contributed by atoms with Crippen molar-refractivity contribution in [1.82, 2.24) is 0 Å². The third-order valence-electron chi connectivity index (χ3n) is 0.827. The molecule has 0 N–H and O–H groups in total. The van der Waals surface area contributed by atoms with Crippen molar-refractivity contribution in [2.75, 3.05) is 13.2 Å². The minimum Gasteiger partial charge on any atom is -0.759 e. The van der Waals surface area contributed by atoms with Gasteiger partial charge in [0, 0.05) is 23.6 Å². The van der Waals surface area contributed by atoms with E-state index in [1.165, 1.54) is 12.8 Å². The largest absolute Gasteiger partial charge is 2.00 e. The molecule has 0 amide bonds.